The molecule has 26 heavy (non-hydrogen) atoms. The number of hydrogen-bond acceptors (Lipinski definition) is 4. The first-order valence-corrected chi connectivity index (χ1v) is 8.17. The molecule has 1 aromatic carbocycles. The van der Waals surface area contributed by atoms with Crippen molar-refractivity contribution in [3.63, 3.8) is 0 Å². The van der Waals surface area contributed by atoms with E-state index in [9.17, 15) is 18.8 Å². The molecule has 0 saturated carbocycles. The third-order valence-corrected chi connectivity index (χ3v) is 4.77. The van der Waals surface area contributed by atoms with Crippen molar-refractivity contribution in [1.29, 1.82) is 0 Å². The summed E-state index contributed by atoms with van der Waals surface area (Å²) < 4.78 is 19.0. The normalized spacial score (nSPS) is 19.9. The van der Waals surface area contributed by atoms with Gasteiger partial charge in [-0.2, -0.15) is 0 Å². The number of carbonyl (C=O) groups is 3. The number of amides is 3. The van der Waals surface area contributed by atoms with Gasteiger partial charge in [0.2, 0.25) is 17.7 Å². The van der Waals surface area contributed by atoms with Gasteiger partial charge in [-0.1, -0.05) is 12.1 Å². The van der Waals surface area contributed by atoms with E-state index < -0.39 is 17.1 Å². The van der Waals surface area contributed by atoms with Gasteiger partial charge in [0.1, 0.15) is 11.6 Å². The van der Waals surface area contributed by atoms with Gasteiger partial charge in [-0.15, -0.1) is 0 Å². The number of hydrogen-bond donors (Lipinski definition) is 0. The molecule has 1 unspecified atom stereocenters. The Labute approximate surface area is 150 Å². The van der Waals surface area contributed by atoms with Gasteiger partial charge >= 0.3 is 0 Å². The average Bonchev–Trinajstić information content (AvgIpc) is 3.18. The Bertz CT molecular complexity index is 849. The van der Waals surface area contributed by atoms with Crippen LogP contribution in [0, 0.1) is 5.82 Å². The molecule has 6 nitrogen and oxygen atoms in total. The van der Waals surface area contributed by atoms with E-state index in [4.69, 9.17) is 4.42 Å². The molecule has 0 N–H and O–H groups in total. The first kappa shape index (κ1) is 17.8. The van der Waals surface area contributed by atoms with Crippen LogP contribution in [0.15, 0.2) is 47.1 Å². The van der Waals surface area contributed by atoms with Crippen LogP contribution in [0.5, 0.6) is 0 Å². The van der Waals surface area contributed by atoms with Gasteiger partial charge in [-0.3, -0.25) is 19.3 Å². The Balaban J connectivity index is 1.91. The number of benzene rings is 1. The molecule has 0 aliphatic carbocycles. The van der Waals surface area contributed by atoms with Gasteiger partial charge in [0.05, 0.1) is 18.2 Å². The summed E-state index contributed by atoms with van der Waals surface area (Å²) in [7, 11) is 2.97. The summed E-state index contributed by atoms with van der Waals surface area (Å²) in [6.45, 7) is 0.239. The van der Waals surface area contributed by atoms with Gasteiger partial charge in [0, 0.05) is 26.9 Å². The highest BCUT2D eigenvalue weighted by Crippen LogP contribution is 2.40. The van der Waals surface area contributed by atoms with E-state index in [2.05, 4.69) is 0 Å². The molecule has 1 fully saturated rings. The summed E-state index contributed by atoms with van der Waals surface area (Å²) in [6, 6.07) is 8.98. The molecule has 3 rings (SSSR count). The smallest absolute Gasteiger partial charge is 0.240 e. The predicted octanol–water partition coefficient (Wildman–Crippen LogP) is 2.09. The summed E-state index contributed by atoms with van der Waals surface area (Å²) in [6.07, 6.45) is 1.13. The van der Waals surface area contributed by atoms with Crippen molar-refractivity contribution in [2.24, 2.45) is 0 Å². The Kier molecular flexibility index (Phi) is 4.63. The molecule has 0 bridgehead atoms. The molecule has 7 heteroatoms. The molecule has 3 amide bonds. The zero-order valence-corrected chi connectivity index (χ0v) is 14.6. The summed E-state index contributed by atoms with van der Waals surface area (Å²) in [5, 5.41) is 0. The molecule has 1 atom stereocenters. The first-order valence-electron chi connectivity index (χ1n) is 8.17. The van der Waals surface area contributed by atoms with Crippen LogP contribution >= 0.6 is 0 Å². The van der Waals surface area contributed by atoms with Crippen molar-refractivity contribution in [3.8, 4) is 0 Å². The highest BCUT2D eigenvalue weighted by Gasteiger charge is 2.52. The third kappa shape index (κ3) is 3.12. The van der Waals surface area contributed by atoms with Crippen molar-refractivity contribution in [1.82, 2.24) is 9.80 Å². The number of rotatable bonds is 5. The molecular weight excluding hydrogens is 339 g/mol. The lowest BCUT2D eigenvalue weighted by Gasteiger charge is -2.28. The number of halogens is 1. The molecule has 1 saturated heterocycles. The predicted molar refractivity (Wildman–Crippen MR) is 90.3 cm³/mol. The van der Waals surface area contributed by atoms with Crippen LogP contribution in [0.1, 0.15) is 24.2 Å². The van der Waals surface area contributed by atoms with Crippen molar-refractivity contribution < 1.29 is 23.2 Å². The monoisotopic (exact) mass is 358 g/mol. The second kappa shape index (κ2) is 6.74. The van der Waals surface area contributed by atoms with E-state index in [1.807, 2.05) is 0 Å². The second-order valence-electron chi connectivity index (χ2n) is 6.53. The fourth-order valence-corrected chi connectivity index (χ4v) is 3.26. The lowest BCUT2D eigenvalue weighted by molar-refractivity contribution is -0.141. The van der Waals surface area contributed by atoms with E-state index in [1.165, 1.54) is 36.4 Å². The van der Waals surface area contributed by atoms with Crippen molar-refractivity contribution in [3.05, 3.63) is 59.8 Å². The van der Waals surface area contributed by atoms with Crippen LogP contribution in [0.4, 0.5) is 4.39 Å². The van der Waals surface area contributed by atoms with Crippen molar-refractivity contribution >= 4 is 17.7 Å². The zero-order chi connectivity index (χ0) is 18.9. The fraction of sp³-hybridized carbons (Fsp3) is 0.316. The SMILES string of the molecule is CN(Cc1ccco1)C(=O)CC1(c2cccc(F)c2)CC(=O)N(C)C1=O. The quantitative estimate of drug-likeness (QED) is 0.768. The molecule has 2 heterocycles. The van der Waals surface area contributed by atoms with Crippen LogP contribution in [0.3, 0.4) is 0 Å². The number of nitrogens with zero attached hydrogens (tertiary/aromatic N) is 2. The van der Waals surface area contributed by atoms with Crippen LogP contribution < -0.4 is 0 Å². The molecule has 2 aromatic rings. The standard InChI is InChI=1S/C19H19FN2O4/c1-21(12-15-7-4-8-26-15)16(23)10-19(11-17(24)22(2)18(19)25)13-5-3-6-14(20)9-13/h3-9H,10-12H2,1-2H3. The van der Waals surface area contributed by atoms with Gasteiger partial charge in [0.15, 0.2) is 0 Å². The number of likely N-dealkylation sites (tertiary alicyclic amines) is 1. The minimum Gasteiger partial charge on any atom is -0.467 e. The Morgan fingerprint density at radius 3 is 2.65 bits per heavy atom. The second-order valence-corrected chi connectivity index (χ2v) is 6.53. The van der Waals surface area contributed by atoms with Crippen molar-refractivity contribution in [2.45, 2.75) is 24.8 Å². The molecule has 136 valence electrons. The van der Waals surface area contributed by atoms with E-state index in [0.717, 1.165) is 4.90 Å². The number of imide groups is 1. The highest BCUT2D eigenvalue weighted by atomic mass is 19.1. The molecule has 0 spiro atoms. The first-order chi connectivity index (χ1) is 12.3. The molecule has 1 aromatic heterocycles. The maximum atomic E-state index is 13.7. The number of likely N-dealkylation sites (N-methyl/N-ethyl adjacent to an activating group) is 1. The van der Waals surface area contributed by atoms with E-state index in [1.54, 1.807) is 25.2 Å². The Hall–Kier alpha value is -2.96. The summed E-state index contributed by atoms with van der Waals surface area (Å²) in [4.78, 5) is 40.1. The minimum absolute atomic E-state index is 0.161. The average molecular weight is 358 g/mol. The molecule has 1 aliphatic heterocycles. The Morgan fingerprint density at radius 2 is 2.08 bits per heavy atom. The lowest BCUT2D eigenvalue weighted by Crippen LogP contribution is -2.41. The topological polar surface area (TPSA) is 70.8 Å². The lowest BCUT2D eigenvalue weighted by atomic mass is 9.75. The van der Waals surface area contributed by atoms with Crippen LogP contribution in [0.2, 0.25) is 0 Å². The van der Waals surface area contributed by atoms with Gasteiger partial charge in [-0.25, -0.2) is 4.39 Å². The number of furan rings is 1. The molecule has 0 radical (unpaired) electrons. The minimum atomic E-state index is -1.39. The van der Waals surface area contributed by atoms with E-state index >= 15 is 0 Å². The van der Waals surface area contributed by atoms with Crippen LogP contribution in [-0.4, -0.2) is 41.6 Å². The van der Waals surface area contributed by atoms with Gasteiger partial charge < -0.3 is 9.32 Å². The van der Waals surface area contributed by atoms with Crippen molar-refractivity contribution in [2.75, 3.05) is 14.1 Å². The summed E-state index contributed by atoms with van der Waals surface area (Å²) >= 11 is 0. The van der Waals surface area contributed by atoms with Gasteiger partial charge in [0.25, 0.3) is 0 Å². The highest BCUT2D eigenvalue weighted by molar-refractivity contribution is 6.10. The summed E-state index contributed by atoms with van der Waals surface area (Å²) in [5.41, 5.74) is -1.05. The van der Waals surface area contributed by atoms with Crippen LogP contribution in [-0.2, 0) is 26.3 Å². The Morgan fingerprint density at radius 1 is 1.31 bits per heavy atom. The maximum absolute atomic E-state index is 13.7. The van der Waals surface area contributed by atoms with E-state index in [0.29, 0.717) is 11.3 Å². The van der Waals surface area contributed by atoms with E-state index in [-0.39, 0.29) is 31.2 Å². The van der Waals surface area contributed by atoms with Crippen LogP contribution in [0.25, 0.3) is 0 Å². The maximum Gasteiger partial charge on any atom is 0.240 e. The summed E-state index contributed by atoms with van der Waals surface area (Å²) in [5.74, 6) is -1.13. The molecular formula is C19H19FN2O4. The largest absolute Gasteiger partial charge is 0.467 e. The van der Waals surface area contributed by atoms with Gasteiger partial charge in [-0.05, 0) is 29.8 Å². The third-order valence-electron chi connectivity index (χ3n) is 4.77. The fourth-order valence-electron chi connectivity index (χ4n) is 3.26. The molecule has 1 aliphatic rings. The zero-order valence-electron chi connectivity index (χ0n) is 14.6. The number of carbonyl (C=O) groups excluding carboxylic acids is 3.